The van der Waals surface area contributed by atoms with Gasteiger partial charge in [-0.15, -0.1) is 0 Å². The Balaban J connectivity index is 1.15. The van der Waals surface area contributed by atoms with E-state index in [1.807, 2.05) is 84.9 Å². The van der Waals surface area contributed by atoms with Gasteiger partial charge in [-0.1, -0.05) is 73.5 Å². The van der Waals surface area contributed by atoms with E-state index in [-0.39, 0.29) is 23.0 Å². The van der Waals surface area contributed by atoms with Crippen LogP contribution < -0.4 is 21.3 Å². The molecule has 0 fully saturated rings. The molecule has 0 unspecified atom stereocenters. The van der Waals surface area contributed by atoms with E-state index in [2.05, 4.69) is 21.3 Å². The molecule has 0 aromatic heterocycles. The van der Waals surface area contributed by atoms with Gasteiger partial charge in [-0.3, -0.25) is 9.59 Å². The summed E-state index contributed by atoms with van der Waals surface area (Å²) in [7, 11) is 0. The van der Waals surface area contributed by atoms with Crippen LogP contribution in [0.5, 0.6) is 0 Å². The lowest BCUT2D eigenvalue weighted by Crippen LogP contribution is -2.25. The van der Waals surface area contributed by atoms with Crippen LogP contribution in [-0.4, -0.2) is 24.9 Å². The molecular weight excluding hydrogens is 624 g/mol. The summed E-state index contributed by atoms with van der Waals surface area (Å²) in [5, 5.41) is 49.7. The van der Waals surface area contributed by atoms with Gasteiger partial charge in [-0.2, -0.15) is 21.0 Å². The molecule has 0 spiro atoms. The molecule has 0 heterocycles. The summed E-state index contributed by atoms with van der Waals surface area (Å²) in [5.41, 5.74) is 4.40. The number of nitrogens with zero attached hydrogens (tertiary/aromatic N) is 4. The van der Waals surface area contributed by atoms with E-state index in [0.717, 1.165) is 25.7 Å². The van der Waals surface area contributed by atoms with E-state index in [1.54, 1.807) is 48.5 Å². The first-order valence-corrected chi connectivity index (χ1v) is 16.0. The zero-order valence-electron chi connectivity index (χ0n) is 27.2. The van der Waals surface area contributed by atoms with Crippen LogP contribution in [0.25, 0.3) is 11.4 Å². The molecule has 0 radical (unpaired) electrons. The second-order valence-corrected chi connectivity index (χ2v) is 11.0. The highest BCUT2D eigenvalue weighted by Crippen LogP contribution is 2.23. The molecule has 0 saturated carbocycles. The van der Waals surface area contributed by atoms with Crippen molar-refractivity contribution in [2.45, 2.75) is 25.7 Å². The molecule has 0 aliphatic carbocycles. The number of carbonyl (C=O) groups is 2. The number of allylic oxidation sites excluding steroid dienone is 2. The van der Waals surface area contributed by atoms with E-state index < -0.39 is 0 Å². The Morgan fingerprint density at radius 3 is 1.10 bits per heavy atom. The van der Waals surface area contributed by atoms with E-state index >= 15 is 0 Å². The van der Waals surface area contributed by atoms with Crippen molar-refractivity contribution in [3.63, 3.8) is 0 Å². The Bertz CT molecular complexity index is 1830. The number of nitrogens with one attached hydrogen (secondary N) is 4. The third-order valence-corrected chi connectivity index (χ3v) is 7.58. The summed E-state index contributed by atoms with van der Waals surface area (Å²) in [4.78, 5) is 25.3. The van der Waals surface area contributed by atoms with Gasteiger partial charge in [0.2, 0.25) is 0 Å². The maximum Gasteiger partial charge on any atom is 0.251 e. The highest BCUT2D eigenvalue weighted by Gasteiger charge is 2.12. The second-order valence-electron chi connectivity index (χ2n) is 11.0. The van der Waals surface area contributed by atoms with Crippen molar-refractivity contribution < 1.29 is 9.59 Å². The SMILES string of the molecule is N#CC(C#N)=C(Nc1ccc(C(=O)NCCCCCCNC(=O)c2ccc(NC(=C(C#N)C#N)c3ccccc3)cc2)cc1)c1ccccc1. The predicted octanol–water partition coefficient (Wildman–Crippen LogP) is 7.15. The van der Waals surface area contributed by atoms with Crippen molar-refractivity contribution in [3.05, 3.63) is 143 Å². The molecule has 0 aliphatic rings. The van der Waals surface area contributed by atoms with Crippen molar-refractivity contribution in [2.24, 2.45) is 0 Å². The van der Waals surface area contributed by atoms with E-state index in [1.165, 1.54) is 0 Å². The number of rotatable bonds is 15. The number of anilines is 2. The topological polar surface area (TPSA) is 177 Å². The smallest absolute Gasteiger partial charge is 0.251 e. The molecule has 4 rings (SSSR count). The molecule has 0 atom stereocenters. The number of benzene rings is 4. The summed E-state index contributed by atoms with van der Waals surface area (Å²) < 4.78 is 0. The molecule has 246 valence electrons. The van der Waals surface area contributed by atoms with Crippen LogP contribution in [0.3, 0.4) is 0 Å². The third-order valence-electron chi connectivity index (χ3n) is 7.58. The van der Waals surface area contributed by atoms with Gasteiger partial charge in [0.05, 0.1) is 11.4 Å². The van der Waals surface area contributed by atoms with Gasteiger partial charge >= 0.3 is 0 Å². The van der Waals surface area contributed by atoms with Crippen molar-refractivity contribution in [3.8, 4) is 24.3 Å². The highest BCUT2D eigenvalue weighted by molar-refractivity contribution is 5.95. The minimum Gasteiger partial charge on any atom is -0.353 e. The lowest BCUT2D eigenvalue weighted by atomic mass is 10.1. The van der Waals surface area contributed by atoms with E-state index in [4.69, 9.17) is 0 Å². The van der Waals surface area contributed by atoms with Crippen LogP contribution in [0.15, 0.2) is 120 Å². The van der Waals surface area contributed by atoms with E-state index in [0.29, 0.717) is 58.1 Å². The fraction of sp³-hybridized carbons (Fsp3) is 0.150. The van der Waals surface area contributed by atoms with Gasteiger partial charge in [0.25, 0.3) is 11.8 Å². The molecule has 4 N–H and O–H groups in total. The molecule has 2 amide bonds. The fourth-order valence-electron chi connectivity index (χ4n) is 4.95. The summed E-state index contributed by atoms with van der Waals surface area (Å²) in [6.07, 6.45) is 3.36. The van der Waals surface area contributed by atoms with Crippen LogP contribution in [-0.2, 0) is 0 Å². The molecule has 4 aromatic carbocycles. The zero-order valence-corrected chi connectivity index (χ0v) is 27.2. The minimum atomic E-state index is -0.193. The van der Waals surface area contributed by atoms with Crippen molar-refractivity contribution in [1.82, 2.24) is 10.6 Å². The maximum atomic E-state index is 12.6. The van der Waals surface area contributed by atoms with E-state index in [9.17, 15) is 30.6 Å². The predicted molar refractivity (Wildman–Crippen MR) is 192 cm³/mol. The van der Waals surface area contributed by atoms with Gasteiger partial charge in [-0.25, -0.2) is 0 Å². The van der Waals surface area contributed by atoms with Gasteiger partial charge in [0.1, 0.15) is 24.3 Å². The number of hydrogen-bond donors (Lipinski definition) is 4. The van der Waals surface area contributed by atoms with Crippen molar-refractivity contribution >= 4 is 34.6 Å². The summed E-state index contributed by atoms with van der Waals surface area (Å²) in [6, 6.07) is 39.6. The summed E-state index contributed by atoms with van der Waals surface area (Å²) >= 11 is 0. The number of amides is 2. The van der Waals surface area contributed by atoms with Gasteiger partial charge in [0, 0.05) is 46.7 Å². The first-order chi connectivity index (χ1) is 24.5. The van der Waals surface area contributed by atoms with Crippen molar-refractivity contribution in [2.75, 3.05) is 23.7 Å². The number of unbranched alkanes of at least 4 members (excludes halogenated alkanes) is 3. The first-order valence-electron chi connectivity index (χ1n) is 16.0. The summed E-state index contributed by atoms with van der Waals surface area (Å²) in [5.74, 6) is -0.386. The molecule has 0 aliphatic heterocycles. The number of carbonyl (C=O) groups excluding carboxylic acids is 2. The van der Waals surface area contributed by atoms with Crippen LogP contribution in [0.1, 0.15) is 57.5 Å². The second kappa shape index (κ2) is 18.9. The van der Waals surface area contributed by atoms with Gasteiger partial charge < -0.3 is 21.3 Å². The number of nitriles is 4. The third kappa shape index (κ3) is 10.2. The fourth-order valence-corrected chi connectivity index (χ4v) is 4.95. The Hall–Kier alpha value is -7.14. The van der Waals surface area contributed by atoms with Crippen molar-refractivity contribution in [1.29, 1.82) is 21.0 Å². The lowest BCUT2D eigenvalue weighted by Gasteiger charge is -2.12. The van der Waals surface area contributed by atoms with Crippen LogP contribution in [0.4, 0.5) is 11.4 Å². The van der Waals surface area contributed by atoms with Crippen LogP contribution in [0.2, 0.25) is 0 Å². The first kappa shape index (κ1) is 35.7. The molecule has 50 heavy (non-hydrogen) atoms. The molecular formula is C40H34N8O2. The Labute approximate surface area is 291 Å². The Morgan fingerprint density at radius 1 is 0.440 bits per heavy atom. The average molecular weight is 659 g/mol. The molecule has 10 heteroatoms. The van der Waals surface area contributed by atoms with Crippen LogP contribution >= 0.6 is 0 Å². The largest absolute Gasteiger partial charge is 0.353 e. The zero-order chi connectivity index (χ0) is 35.6. The monoisotopic (exact) mass is 658 g/mol. The summed E-state index contributed by atoms with van der Waals surface area (Å²) in [6.45, 7) is 1.04. The Kier molecular flexibility index (Phi) is 13.5. The van der Waals surface area contributed by atoms with Gasteiger partial charge in [-0.05, 0) is 61.4 Å². The average Bonchev–Trinajstić information content (AvgIpc) is 3.17. The molecule has 0 saturated heterocycles. The maximum absolute atomic E-state index is 12.6. The van der Waals surface area contributed by atoms with Crippen LogP contribution in [0, 0.1) is 45.3 Å². The molecule has 10 nitrogen and oxygen atoms in total. The standard InChI is InChI=1S/C40H34N8O2/c41-25-33(26-42)37(29-11-5-3-6-12-29)47-35-19-15-31(16-20-35)39(49)45-23-9-1-2-10-24-46-40(50)32-17-21-36(22-18-32)48-38(34(27-43)28-44)30-13-7-4-8-14-30/h3-8,11-22,47-48H,1-2,9-10,23-24H2,(H,45,49)(H,46,50). The molecule has 0 bridgehead atoms. The molecule has 4 aromatic rings. The lowest BCUT2D eigenvalue weighted by molar-refractivity contribution is 0.0943. The minimum absolute atomic E-state index is 0.0406. The van der Waals surface area contributed by atoms with Gasteiger partial charge in [0.15, 0.2) is 11.1 Å². The Morgan fingerprint density at radius 2 is 0.780 bits per heavy atom. The number of hydrogen-bond acceptors (Lipinski definition) is 8. The normalized spacial score (nSPS) is 9.76. The highest BCUT2D eigenvalue weighted by atomic mass is 16.2. The quantitative estimate of drug-likeness (QED) is 0.0768.